The Kier molecular flexibility index (Phi) is 11.7. The van der Waals surface area contributed by atoms with E-state index >= 15 is 0 Å². The molecule has 0 unspecified atom stereocenters. The van der Waals surface area contributed by atoms with Crippen molar-refractivity contribution in [3.05, 3.63) is 72.2 Å². The van der Waals surface area contributed by atoms with Crippen LogP contribution in [0.3, 0.4) is 0 Å². The first-order valence-corrected chi connectivity index (χ1v) is 20.4. The average molecular weight is 770 g/mol. The molecule has 8 aliphatic rings. The Morgan fingerprint density at radius 1 is 0.759 bits per heavy atom. The van der Waals surface area contributed by atoms with Crippen LogP contribution in [-0.2, 0) is 31.5 Å². The van der Waals surface area contributed by atoms with Crippen molar-refractivity contribution in [1.29, 1.82) is 0 Å². The minimum atomic E-state index is -0.347. The SMILES string of the molecule is C.CC1(C)[C@@H]2C[C@H]3OB([C@H](Cl)Cc4coc5ccccc45)O[C@@]3(C)[C@H]1C2.C[C@@H](Cc1coc2ccccc12)B1O[C@@H]2C[C@@H]3C[C@@H](C3(C)C)[C@]2(C)O1.[2H]CS.[H-].[Li+]. The number of hydrogen-bond donors (Lipinski definition) is 1. The minimum Gasteiger partial charge on any atom is -1.00 e. The van der Waals surface area contributed by atoms with E-state index in [2.05, 4.69) is 79.3 Å². The molecule has 0 amide bonds. The van der Waals surface area contributed by atoms with Gasteiger partial charge in [-0.1, -0.05) is 78.4 Å². The van der Waals surface area contributed by atoms with Gasteiger partial charge in [0.25, 0.3) is 0 Å². The van der Waals surface area contributed by atoms with E-state index in [-0.39, 0.29) is 76.9 Å². The molecule has 2 aromatic heterocycles. The van der Waals surface area contributed by atoms with Gasteiger partial charge >= 0.3 is 33.1 Å². The van der Waals surface area contributed by atoms with Gasteiger partial charge in [-0.25, -0.2) is 0 Å². The molecule has 10 atom stereocenters. The number of thiol groups is 1. The van der Waals surface area contributed by atoms with E-state index in [4.69, 9.17) is 40.4 Å². The largest absolute Gasteiger partial charge is 1.00 e. The third-order valence-corrected chi connectivity index (χ3v) is 15.1. The molecule has 0 spiro atoms. The van der Waals surface area contributed by atoms with Crippen LogP contribution in [0.25, 0.3) is 21.9 Å². The van der Waals surface area contributed by atoms with E-state index in [1.54, 1.807) is 0 Å². The van der Waals surface area contributed by atoms with Crippen LogP contribution in [-0.4, -0.2) is 49.2 Å². The summed E-state index contributed by atoms with van der Waals surface area (Å²) in [6.07, 6.45) is 10.7. The number of fused-ring (bicyclic) bond motifs is 2. The molecule has 2 saturated heterocycles. The molecule has 288 valence electrons. The van der Waals surface area contributed by atoms with Crippen LogP contribution in [0.15, 0.2) is 69.9 Å². The van der Waals surface area contributed by atoms with Crippen molar-refractivity contribution in [2.75, 3.05) is 6.23 Å². The van der Waals surface area contributed by atoms with Gasteiger partial charge in [-0.2, -0.15) is 12.6 Å². The number of rotatable bonds is 6. The molecule has 0 radical (unpaired) electrons. The fraction of sp³-hybridized carbons (Fsp3) is 0.628. The molecule has 54 heavy (non-hydrogen) atoms. The Balaban J connectivity index is 0.000000191. The molecular weight excluding hydrogens is 709 g/mol. The van der Waals surface area contributed by atoms with Crippen molar-refractivity contribution >= 4 is 60.4 Å². The molecule has 4 bridgehead atoms. The van der Waals surface area contributed by atoms with Gasteiger partial charge in [0.1, 0.15) is 11.2 Å². The van der Waals surface area contributed by atoms with E-state index in [1.165, 1.54) is 23.8 Å². The zero-order valence-electron chi connectivity index (χ0n) is 34.8. The van der Waals surface area contributed by atoms with Crippen molar-refractivity contribution in [3.63, 3.8) is 0 Å². The van der Waals surface area contributed by atoms with Crippen molar-refractivity contribution < 1.29 is 49.1 Å². The van der Waals surface area contributed by atoms with Crippen LogP contribution < -0.4 is 18.9 Å². The van der Waals surface area contributed by atoms with Crippen molar-refractivity contribution in [2.24, 2.45) is 34.5 Å². The zero-order chi connectivity index (χ0) is 37.5. The van der Waals surface area contributed by atoms with Crippen LogP contribution in [0.4, 0.5) is 0 Å². The van der Waals surface area contributed by atoms with E-state index in [0.29, 0.717) is 34.9 Å². The van der Waals surface area contributed by atoms with Gasteiger partial charge in [0.05, 0.1) is 41.2 Å². The topological polar surface area (TPSA) is 63.2 Å². The van der Waals surface area contributed by atoms with Crippen LogP contribution >= 0.6 is 24.2 Å². The van der Waals surface area contributed by atoms with Crippen LogP contribution in [0.2, 0.25) is 5.82 Å². The predicted octanol–water partition coefficient (Wildman–Crippen LogP) is 8.24. The van der Waals surface area contributed by atoms with E-state index in [0.717, 1.165) is 53.2 Å². The first-order chi connectivity index (χ1) is 25.2. The summed E-state index contributed by atoms with van der Waals surface area (Å²) in [5.74, 6) is 3.04. The molecule has 0 N–H and O–H groups in total. The third kappa shape index (κ3) is 6.71. The molecule has 6 nitrogen and oxygen atoms in total. The number of benzene rings is 2. The number of para-hydroxylation sites is 2. The second kappa shape index (κ2) is 15.5. The summed E-state index contributed by atoms with van der Waals surface area (Å²) in [7, 11) is -0.459. The predicted molar refractivity (Wildman–Crippen MR) is 222 cm³/mol. The molecule has 4 aromatic rings. The van der Waals surface area contributed by atoms with Gasteiger partial charge in [-0.15, -0.1) is 11.6 Å². The Morgan fingerprint density at radius 2 is 1.19 bits per heavy atom. The van der Waals surface area contributed by atoms with Gasteiger partial charge in [0.2, 0.25) is 0 Å². The summed E-state index contributed by atoms with van der Waals surface area (Å²) in [5.41, 5.74) is 4.66. The molecule has 6 saturated carbocycles. The summed E-state index contributed by atoms with van der Waals surface area (Å²) >= 11 is 10.2. The van der Waals surface area contributed by atoms with Gasteiger partial charge in [0.15, 0.2) is 0 Å². The van der Waals surface area contributed by atoms with Gasteiger partial charge in [-0.05, 0) is 122 Å². The Labute approximate surface area is 349 Å². The zero-order valence-corrected chi connectivity index (χ0v) is 34.4. The maximum absolute atomic E-state index is 6.75. The number of hydrogen-bond acceptors (Lipinski definition) is 7. The van der Waals surface area contributed by atoms with Crippen LogP contribution in [0.5, 0.6) is 0 Å². The molecule has 11 heteroatoms. The van der Waals surface area contributed by atoms with Crippen molar-refractivity contribution in [3.8, 4) is 0 Å². The fourth-order valence-corrected chi connectivity index (χ4v) is 11.6. The van der Waals surface area contributed by atoms with Gasteiger partial charge in [-0.3, -0.25) is 0 Å². The summed E-state index contributed by atoms with van der Waals surface area (Å²) in [6.45, 7) is 16.3. The van der Waals surface area contributed by atoms with E-state index < -0.39 is 0 Å². The summed E-state index contributed by atoms with van der Waals surface area (Å²) < 4.78 is 43.2. The van der Waals surface area contributed by atoms with Crippen molar-refractivity contribution in [1.82, 2.24) is 0 Å². The van der Waals surface area contributed by atoms with Crippen LogP contribution in [0.1, 0.15) is 95.5 Å². The second-order valence-electron chi connectivity index (χ2n) is 18.1. The minimum absolute atomic E-state index is 0. The molecule has 8 fully saturated rings. The molecule has 2 aromatic carbocycles. The number of furan rings is 2. The number of halogens is 1. The standard InChI is InChI=1S/C21H27BO3.C20H24BClO3.CH4S.CH4.Li.H/c1-13(9-14-12-23-17-8-6-5-7-16(14)17)22-24-19-11-15-10-18(20(15,2)3)21(19,4)25-22;1-19(2)13-9-16(19)20(3)17(10-13)24-21(25-20)18(22)8-12-11-23-15-7-5-4-6-14(12)15;1-2;;;/h5-8,12-13,15,18-19H,9-11H2,1-4H3;4-7,11,13,16-18H,8-10H2,1-3H3;2H,1H3;1H4;;/q;;;;+1;-1/t13-,15-,18-,19+,21-;13-,16-,17+,18+,20-;;;;/m00..../s1/i;;1D;;;. The molecule has 2 aliphatic heterocycles. The van der Waals surface area contributed by atoms with E-state index in [9.17, 15) is 0 Å². The average Bonchev–Trinajstić information content (AvgIpc) is 3.91. The second-order valence-corrected chi connectivity index (χ2v) is 18.7. The summed E-state index contributed by atoms with van der Waals surface area (Å²) in [4.78, 5) is 0. The maximum atomic E-state index is 6.75. The molecular formula is C43H60B2ClLiO6S. The summed E-state index contributed by atoms with van der Waals surface area (Å²) in [5, 5.41) is 2.11. The third-order valence-electron chi connectivity index (χ3n) is 14.8. The van der Waals surface area contributed by atoms with Gasteiger partial charge in [0, 0.05) is 12.1 Å². The fourth-order valence-electron chi connectivity index (χ4n) is 11.3. The molecule has 12 rings (SSSR count). The number of alkyl halides is 1. The Morgan fingerprint density at radius 3 is 1.67 bits per heavy atom. The smallest absolute Gasteiger partial charge is 1.00 e. The Bertz CT molecular complexity index is 1810. The molecule has 4 heterocycles. The quantitative estimate of drug-likeness (QED) is 0.121. The summed E-state index contributed by atoms with van der Waals surface area (Å²) in [6, 6.07) is 16.3. The first kappa shape index (κ1) is 40.9. The maximum Gasteiger partial charge on any atom is 1.00 e. The van der Waals surface area contributed by atoms with Gasteiger partial charge < -0.3 is 28.9 Å². The Hall–Kier alpha value is -1.27. The normalized spacial score (nSPS) is 34.6. The van der Waals surface area contributed by atoms with E-state index in [1.807, 2.05) is 42.9 Å². The molecule has 6 aliphatic carbocycles. The monoisotopic (exact) mass is 769 g/mol. The van der Waals surface area contributed by atoms with Crippen molar-refractivity contribution in [2.45, 2.75) is 129 Å². The van der Waals surface area contributed by atoms with Crippen LogP contribution in [0, 0.1) is 34.5 Å². The first-order valence-electron chi connectivity index (χ1n) is 20.0.